The summed E-state index contributed by atoms with van der Waals surface area (Å²) in [7, 11) is -3.85. The van der Waals surface area contributed by atoms with Gasteiger partial charge in [0.15, 0.2) is 0 Å². The van der Waals surface area contributed by atoms with Gasteiger partial charge < -0.3 is 10.4 Å². The summed E-state index contributed by atoms with van der Waals surface area (Å²) in [6.07, 6.45) is 3.42. The maximum Gasteiger partial charge on any atom is 0.306 e. The van der Waals surface area contributed by atoms with Crippen molar-refractivity contribution in [3.05, 3.63) is 30.1 Å². The third-order valence-electron chi connectivity index (χ3n) is 4.92. The zero-order valence-corrected chi connectivity index (χ0v) is 14.9. The predicted octanol–water partition coefficient (Wildman–Crippen LogP) is 0.755. The zero-order valence-electron chi connectivity index (χ0n) is 14.1. The number of carboxylic acids is 1. The summed E-state index contributed by atoms with van der Waals surface area (Å²) in [5, 5.41) is 15.9. The third-order valence-corrected chi connectivity index (χ3v) is 6.28. The summed E-state index contributed by atoms with van der Waals surface area (Å²) >= 11 is 0. The van der Waals surface area contributed by atoms with E-state index >= 15 is 0 Å². The van der Waals surface area contributed by atoms with Crippen molar-refractivity contribution < 1.29 is 23.1 Å². The second kappa shape index (κ2) is 6.34. The van der Waals surface area contributed by atoms with Crippen LogP contribution in [0.1, 0.15) is 36.0 Å². The Morgan fingerprint density at radius 1 is 1.22 bits per heavy atom. The number of sulfonamides is 1. The Kier molecular flexibility index (Phi) is 4.10. The van der Waals surface area contributed by atoms with Crippen LogP contribution in [0.4, 0.5) is 5.95 Å². The molecule has 1 aliphatic carbocycles. The number of carboxylic acid groups (broad SMARTS) is 1. The third kappa shape index (κ3) is 3.14. The van der Waals surface area contributed by atoms with E-state index in [-0.39, 0.29) is 28.4 Å². The summed E-state index contributed by atoms with van der Waals surface area (Å²) in [6, 6.07) is 4.23. The highest BCUT2D eigenvalue weighted by atomic mass is 32.2. The lowest BCUT2D eigenvalue weighted by atomic mass is 9.86. The van der Waals surface area contributed by atoms with Crippen LogP contribution < -0.4 is 10.0 Å². The Balaban J connectivity index is 1.54. The van der Waals surface area contributed by atoms with Gasteiger partial charge in [0.1, 0.15) is 11.2 Å². The Hall–Kier alpha value is -2.95. The molecule has 1 aromatic carbocycles. The molecule has 11 heteroatoms. The fraction of sp³-hybridized carbons (Fsp3) is 0.375. The quantitative estimate of drug-likeness (QED) is 0.700. The summed E-state index contributed by atoms with van der Waals surface area (Å²) in [5.74, 6) is -1.47. The molecule has 0 radical (unpaired) electrons. The SMILES string of the molecule is O=C(NC1CCC(C(=O)O)CC1)c1ccc2c(c1)S(=O)(=O)Nc1ncnn1-2. The number of hydrogen-bond donors (Lipinski definition) is 3. The summed E-state index contributed by atoms with van der Waals surface area (Å²) in [6.45, 7) is 0. The minimum Gasteiger partial charge on any atom is -0.481 e. The Morgan fingerprint density at radius 2 is 1.96 bits per heavy atom. The highest BCUT2D eigenvalue weighted by molar-refractivity contribution is 7.93. The minimum absolute atomic E-state index is 0.0530. The van der Waals surface area contributed by atoms with E-state index < -0.39 is 21.9 Å². The van der Waals surface area contributed by atoms with Gasteiger partial charge in [0.2, 0.25) is 5.95 Å². The number of carbonyl (C=O) groups is 2. The maximum atomic E-state index is 12.5. The molecule has 4 rings (SSSR count). The van der Waals surface area contributed by atoms with Gasteiger partial charge in [-0.1, -0.05) is 0 Å². The van der Waals surface area contributed by atoms with Gasteiger partial charge in [0.25, 0.3) is 15.9 Å². The number of hydrogen-bond acceptors (Lipinski definition) is 6. The van der Waals surface area contributed by atoms with Gasteiger partial charge in [0.05, 0.1) is 11.6 Å². The van der Waals surface area contributed by atoms with Crippen molar-refractivity contribution in [1.82, 2.24) is 20.1 Å². The van der Waals surface area contributed by atoms with Gasteiger partial charge in [-0.2, -0.15) is 14.8 Å². The van der Waals surface area contributed by atoms with E-state index in [2.05, 4.69) is 20.1 Å². The second-order valence-corrected chi connectivity index (χ2v) is 8.29. The molecule has 27 heavy (non-hydrogen) atoms. The van der Waals surface area contributed by atoms with Crippen molar-refractivity contribution in [3.8, 4) is 5.69 Å². The van der Waals surface area contributed by atoms with Crippen molar-refractivity contribution in [3.63, 3.8) is 0 Å². The van der Waals surface area contributed by atoms with Crippen LogP contribution in [0.3, 0.4) is 0 Å². The number of nitrogens with one attached hydrogen (secondary N) is 2. The smallest absolute Gasteiger partial charge is 0.306 e. The molecule has 2 aromatic rings. The molecule has 1 aliphatic heterocycles. The first-order valence-electron chi connectivity index (χ1n) is 8.46. The number of aromatic nitrogens is 3. The Labute approximate surface area is 154 Å². The predicted molar refractivity (Wildman–Crippen MR) is 93.0 cm³/mol. The van der Waals surface area contributed by atoms with Crippen LogP contribution in [-0.4, -0.2) is 46.2 Å². The lowest BCUT2D eigenvalue weighted by molar-refractivity contribution is -0.142. The molecule has 1 saturated carbocycles. The summed E-state index contributed by atoms with van der Waals surface area (Å²) in [5.41, 5.74) is 0.530. The van der Waals surface area contributed by atoms with Crippen molar-refractivity contribution in [2.45, 2.75) is 36.6 Å². The van der Waals surface area contributed by atoms with Crippen LogP contribution in [0.2, 0.25) is 0 Å². The van der Waals surface area contributed by atoms with Crippen LogP contribution in [0.15, 0.2) is 29.4 Å². The first kappa shape index (κ1) is 17.5. The number of benzene rings is 1. The minimum atomic E-state index is -3.85. The van der Waals surface area contributed by atoms with E-state index in [1.54, 1.807) is 0 Å². The molecule has 3 N–H and O–H groups in total. The van der Waals surface area contributed by atoms with Gasteiger partial charge in [0, 0.05) is 11.6 Å². The molecule has 1 amide bonds. The highest BCUT2D eigenvalue weighted by Gasteiger charge is 2.31. The normalized spacial score (nSPS) is 22.8. The fourth-order valence-electron chi connectivity index (χ4n) is 3.46. The van der Waals surface area contributed by atoms with Crippen LogP contribution in [0.25, 0.3) is 5.69 Å². The summed E-state index contributed by atoms with van der Waals surface area (Å²) in [4.78, 5) is 27.3. The maximum absolute atomic E-state index is 12.5. The van der Waals surface area contributed by atoms with Gasteiger partial charge in [-0.15, -0.1) is 0 Å². The molecule has 142 valence electrons. The highest BCUT2D eigenvalue weighted by Crippen LogP contribution is 2.30. The number of rotatable bonds is 3. The molecule has 0 unspecified atom stereocenters. The van der Waals surface area contributed by atoms with Crippen molar-refractivity contribution >= 4 is 27.8 Å². The molecule has 1 aromatic heterocycles. The monoisotopic (exact) mass is 391 g/mol. The number of amides is 1. The van der Waals surface area contributed by atoms with E-state index in [0.29, 0.717) is 31.4 Å². The van der Waals surface area contributed by atoms with Crippen molar-refractivity contribution in [1.29, 1.82) is 0 Å². The van der Waals surface area contributed by atoms with E-state index in [1.165, 1.54) is 29.2 Å². The molecule has 10 nitrogen and oxygen atoms in total. The van der Waals surface area contributed by atoms with Crippen LogP contribution in [0, 0.1) is 5.92 Å². The van der Waals surface area contributed by atoms with E-state index in [1.807, 2.05) is 0 Å². The molecular weight excluding hydrogens is 374 g/mol. The largest absolute Gasteiger partial charge is 0.481 e. The molecule has 2 aliphatic rings. The first-order chi connectivity index (χ1) is 12.8. The number of aliphatic carboxylic acids is 1. The molecule has 0 bridgehead atoms. The van der Waals surface area contributed by atoms with Crippen molar-refractivity contribution in [2.24, 2.45) is 5.92 Å². The van der Waals surface area contributed by atoms with Crippen LogP contribution >= 0.6 is 0 Å². The average molecular weight is 391 g/mol. The molecule has 1 fully saturated rings. The van der Waals surface area contributed by atoms with Crippen molar-refractivity contribution in [2.75, 3.05) is 4.72 Å². The summed E-state index contributed by atoms with van der Waals surface area (Å²) < 4.78 is 28.5. The number of fused-ring (bicyclic) bond motifs is 3. The van der Waals surface area contributed by atoms with E-state index in [4.69, 9.17) is 5.11 Å². The average Bonchev–Trinajstić information content (AvgIpc) is 3.09. The van der Waals surface area contributed by atoms with Gasteiger partial charge in [-0.3, -0.25) is 9.59 Å². The van der Waals surface area contributed by atoms with Gasteiger partial charge >= 0.3 is 5.97 Å². The van der Waals surface area contributed by atoms with Crippen LogP contribution in [0.5, 0.6) is 0 Å². The zero-order chi connectivity index (χ0) is 19.2. The molecule has 0 atom stereocenters. The molecule has 0 spiro atoms. The molecule has 0 saturated heterocycles. The molecule has 2 heterocycles. The van der Waals surface area contributed by atoms with E-state index in [0.717, 1.165) is 0 Å². The molecular formula is C16H17N5O5S. The first-order valence-corrected chi connectivity index (χ1v) is 9.94. The number of anilines is 1. The standard InChI is InChI=1S/C16H17N5O5S/c22-14(19-11-4-1-9(2-5-11)15(23)24)10-3-6-12-13(7-10)27(25,26)20-16-17-8-18-21(12)16/h3,6-9,11H,1-2,4-5H2,(H,19,22)(H,23,24)(H,17,18,20). The number of carbonyl (C=O) groups excluding carboxylic acids is 1. The topological polar surface area (TPSA) is 143 Å². The van der Waals surface area contributed by atoms with E-state index in [9.17, 15) is 18.0 Å². The lowest BCUT2D eigenvalue weighted by Gasteiger charge is -2.27. The van der Waals surface area contributed by atoms with Gasteiger partial charge in [-0.05, 0) is 43.9 Å². The Bertz CT molecular complexity index is 1020. The lowest BCUT2D eigenvalue weighted by Crippen LogP contribution is -2.38. The van der Waals surface area contributed by atoms with Crippen LogP contribution in [-0.2, 0) is 14.8 Å². The van der Waals surface area contributed by atoms with Gasteiger partial charge in [-0.25, -0.2) is 13.1 Å². The fourth-order valence-corrected chi connectivity index (χ4v) is 4.66. The number of nitrogens with zero attached hydrogens (tertiary/aromatic N) is 3. The second-order valence-electron chi connectivity index (χ2n) is 6.64. The Morgan fingerprint density at radius 3 is 2.67 bits per heavy atom.